The van der Waals surface area contributed by atoms with Crippen molar-refractivity contribution in [2.45, 2.75) is 45.4 Å². The van der Waals surface area contributed by atoms with Crippen LogP contribution in [0.3, 0.4) is 0 Å². The normalized spacial score (nSPS) is 17.8. The second-order valence-electron chi connectivity index (χ2n) is 8.88. The fraction of sp³-hybridized carbons (Fsp3) is 0.321. The maximum atomic E-state index is 14.9. The van der Waals surface area contributed by atoms with Crippen molar-refractivity contribution in [3.8, 4) is 22.6 Å². The number of benzene rings is 3. The number of ether oxygens (including phenoxy) is 2. The van der Waals surface area contributed by atoms with Crippen molar-refractivity contribution in [2.24, 2.45) is 5.92 Å². The quantitative estimate of drug-likeness (QED) is 0.202. The van der Waals surface area contributed by atoms with Gasteiger partial charge in [-0.15, -0.1) is 0 Å². The number of hydrogen-bond donors (Lipinski definition) is 0. The maximum absolute atomic E-state index is 14.9. The lowest BCUT2D eigenvalue weighted by molar-refractivity contribution is 0.0726. The summed E-state index contributed by atoms with van der Waals surface area (Å²) in [6.45, 7) is 3.94. The molecule has 0 N–H and O–H groups in total. The van der Waals surface area contributed by atoms with Crippen LogP contribution in [0.1, 0.15) is 61.4 Å². The number of esters is 1. The first-order chi connectivity index (χ1) is 16.8. The minimum atomic E-state index is -1.34. The summed E-state index contributed by atoms with van der Waals surface area (Å²) >= 11 is 0. The lowest BCUT2D eigenvalue weighted by Crippen LogP contribution is -2.13. The molecule has 0 aliphatic heterocycles. The van der Waals surface area contributed by atoms with Gasteiger partial charge in [0.25, 0.3) is 0 Å². The molecule has 184 valence electrons. The van der Waals surface area contributed by atoms with E-state index in [9.17, 15) is 22.4 Å². The molecule has 1 fully saturated rings. The minimum absolute atomic E-state index is 0.0136. The summed E-state index contributed by atoms with van der Waals surface area (Å²) in [5, 5.41) is 0. The van der Waals surface area contributed by atoms with Crippen LogP contribution >= 0.6 is 0 Å². The molecule has 0 amide bonds. The Balaban J connectivity index is 1.50. The third kappa shape index (κ3) is 5.19. The molecule has 3 aromatic carbocycles. The fourth-order valence-electron chi connectivity index (χ4n) is 4.48. The molecule has 0 aromatic heterocycles. The first kappa shape index (κ1) is 24.8. The topological polar surface area (TPSA) is 35.5 Å². The van der Waals surface area contributed by atoms with Crippen molar-refractivity contribution < 1.29 is 31.8 Å². The van der Waals surface area contributed by atoms with Gasteiger partial charge in [-0.25, -0.2) is 13.6 Å². The van der Waals surface area contributed by atoms with Gasteiger partial charge in [0, 0.05) is 5.56 Å². The SMILES string of the molecule is CCOc1ccc(OC(=O)c2ccc(-c3ccc(C4CCC(C)CC4)c(F)c3F)cc2)c(F)c1F. The lowest BCUT2D eigenvalue weighted by atomic mass is 9.79. The molecule has 0 unspecified atom stereocenters. The average Bonchev–Trinajstić information content (AvgIpc) is 2.86. The number of rotatable bonds is 6. The van der Waals surface area contributed by atoms with Gasteiger partial charge in [-0.2, -0.15) is 8.78 Å². The highest BCUT2D eigenvalue weighted by Crippen LogP contribution is 2.38. The summed E-state index contributed by atoms with van der Waals surface area (Å²) in [4.78, 5) is 12.4. The van der Waals surface area contributed by atoms with Crippen LogP contribution in [0.5, 0.6) is 11.5 Å². The highest BCUT2D eigenvalue weighted by Gasteiger charge is 2.25. The van der Waals surface area contributed by atoms with Gasteiger partial charge < -0.3 is 9.47 Å². The number of halogens is 4. The van der Waals surface area contributed by atoms with Crippen LogP contribution in [0.15, 0.2) is 48.5 Å². The second kappa shape index (κ2) is 10.5. The molecule has 0 saturated heterocycles. The van der Waals surface area contributed by atoms with Gasteiger partial charge in [-0.3, -0.25) is 0 Å². The molecule has 3 nitrogen and oxygen atoms in total. The zero-order chi connectivity index (χ0) is 25.1. The van der Waals surface area contributed by atoms with Gasteiger partial charge in [0.2, 0.25) is 11.6 Å². The van der Waals surface area contributed by atoms with E-state index < -0.39 is 35.0 Å². The molecular weight excluding hydrogens is 460 g/mol. The monoisotopic (exact) mass is 486 g/mol. The average molecular weight is 487 g/mol. The summed E-state index contributed by atoms with van der Waals surface area (Å²) in [6, 6.07) is 11.1. The molecule has 0 radical (unpaired) electrons. The standard InChI is InChI=1S/C28H26F4O3/c1-3-34-22-14-15-23(27(32)26(22)31)35-28(33)19-10-8-18(9-11-19)21-13-12-20(24(29)25(21)30)17-6-4-16(2)5-7-17/h8-17H,3-7H2,1-2H3. The molecule has 0 spiro atoms. The van der Waals surface area contributed by atoms with E-state index in [0.717, 1.165) is 31.7 Å². The largest absolute Gasteiger partial charge is 0.491 e. The smallest absolute Gasteiger partial charge is 0.343 e. The maximum Gasteiger partial charge on any atom is 0.343 e. The van der Waals surface area contributed by atoms with Crippen molar-refractivity contribution in [3.63, 3.8) is 0 Å². The fourth-order valence-corrected chi connectivity index (χ4v) is 4.48. The summed E-state index contributed by atoms with van der Waals surface area (Å²) in [6.07, 6.45) is 3.68. The van der Waals surface area contributed by atoms with Crippen molar-refractivity contribution >= 4 is 5.97 Å². The summed E-state index contributed by atoms with van der Waals surface area (Å²) in [7, 11) is 0. The Labute approximate surface area is 201 Å². The van der Waals surface area contributed by atoms with Crippen LogP contribution in [0.2, 0.25) is 0 Å². The predicted octanol–water partition coefficient (Wildman–Crippen LogP) is 7.82. The van der Waals surface area contributed by atoms with Crippen molar-refractivity contribution in [1.29, 1.82) is 0 Å². The van der Waals surface area contributed by atoms with Gasteiger partial charge >= 0.3 is 5.97 Å². The number of carbonyl (C=O) groups is 1. The van der Waals surface area contributed by atoms with E-state index in [1.807, 2.05) is 0 Å². The first-order valence-electron chi connectivity index (χ1n) is 11.7. The van der Waals surface area contributed by atoms with Gasteiger partial charge in [0.15, 0.2) is 23.1 Å². The third-order valence-corrected chi connectivity index (χ3v) is 6.51. The van der Waals surface area contributed by atoms with Crippen molar-refractivity contribution in [3.05, 3.63) is 82.9 Å². The Hall–Kier alpha value is -3.35. The predicted molar refractivity (Wildman–Crippen MR) is 125 cm³/mol. The van der Waals surface area contributed by atoms with Crippen molar-refractivity contribution in [1.82, 2.24) is 0 Å². The van der Waals surface area contributed by atoms with Crippen LogP contribution in [0.25, 0.3) is 11.1 Å². The zero-order valence-corrected chi connectivity index (χ0v) is 19.5. The van der Waals surface area contributed by atoms with E-state index in [0.29, 0.717) is 17.0 Å². The molecule has 1 aliphatic carbocycles. The molecule has 1 aliphatic rings. The van der Waals surface area contributed by atoms with E-state index in [1.165, 1.54) is 30.3 Å². The summed E-state index contributed by atoms with van der Waals surface area (Å²) in [5.74, 6) is -5.53. The van der Waals surface area contributed by atoms with Crippen molar-refractivity contribution in [2.75, 3.05) is 6.61 Å². The van der Waals surface area contributed by atoms with Crippen LogP contribution < -0.4 is 9.47 Å². The Kier molecular flexibility index (Phi) is 7.43. The molecule has 4 rings (SSSR count). The molecule has 0 heterocycles. The lowest BCUT2D eigenvalue weighted by Gasteiger charge is -2.27. The zero-order valence-electron chi connectivity index (χ0n) is 19.5. The highest BCUT2D eigenvalue weighted by atomic mass is 19.2. The second-order valence-corrected chi connectivity index (χ2v) is 8.88. The van der Waals surface area contributed by atoms with E-state index in [2.05, 4.69) is 6.92 Å². The molecule has 7 heteroatoms. The minimum Gasteiger partial charge on any atom is -0.491 e. The Bertz CT molecular complexity index is 1220. The van der Waals surface area contributed by atoms with E-state index in [1.54, 1.807) is 19.1 Å². The molecular formula is C28H26F4O3. The van der Waals surface area contributed by atoms with Crippen LogP contribution in [-0.2, 0) is 0 Å². The first-order valence-corrected chi connectivity index (χ1v) is 11.7. The van der Waals surface area contributed by atoms with Crippen LogP contribution in [0, 0.1) is 29.2 Å². The molecule has 35 heavy (non-hydrogen) atoms. The van der Waals surface area contributed by atoms with Gasteiger partial charge in [0.05, 0.1) is 12.2 Å². The Morgan fingerprint density at radius 1 is 0.800 bits per heavy atom. The highest BCUT2D eigenvalue weighted by molar-refractivity contribution is 5.91. The van der Waals surface area contributed by atoms with Gasteiger partial charge in [0.1, 0.15) is 0 Å². The summed E-state index contributed by atoms with van der Waals surface area (Å²) < 4.78 is 68.0. The van der Waals surface area contributed by atoms with E-state index in [-0.39, 0.29) is 29.4 Å². The molecule has 3 aromatic rings. The van der Waals surface area contributed by atoms with Crippen LogP contribution in [0.4, 0.5) is 17.6 Å². The summed E-state index contributed by atoms with van der Waals surface area (Å²) in [5.41, 5.74) is 0.897. The molecule has 0 atom stereocenters. The molecule has 1 saturated carbocycles. The molecule has 0 bridgehead atoms. The number of hydrogen-bond acceptors (Lipinski definition) is 3. The van der Waals surface area contributed by atoms with E-state index in [4.69, 9.17) is 9.47 Å². The Morgan fingerprint density at radius 3 is 2.09 bits per heavy atom. The third-order valence-electron chi connectivity index (χ3n) is 6.51. The van der Waals surface area contributed by atoms with E-state index >= 15 is 0 Å². The van der Waals surface area contributed by atoms with Gasteiger partial charge in [-0.05, 0) is 67.0 Å². The van der Waals surface area contributed by atoms with Gasteiger partial charge in [-0.1, -0.05) is 44.0 Å². The Morgan fingerprint density at radius 2 is 1.43 bits per heavy atom. The van der Waals surface area contributed by atoms with Crippen LogP contribution in [-0.4, -0.2) is 12.6 Å². The number of carbonyl (C=O) groups excluding carboxylic acids is 1.